The number of nitro groups is 1. The quantitative estimate of drug-likeness (QED) is 0.509. The van der Waals surface area contributed by atoms with Crippen LogP contribution in [0.2, 0.25) is 0 Å². The number of hydrogen-bond donors (Lipinski definition) is 1. The van der Waals surface area contributed by atoms with Gasteiger partial charge in [0.1, 0.15) is 0 Å². The van der Waals surface area contributed by atoms with Crippen LogP contribution in [0.4, 0.5) is 5.69 Å². The van der Waals surface area contributed by atoms with Crippen LogP contribution in [-0.2, 0) is 0 Å². The number of carbonyl (C=O) groups is 1. The molecule has 0 aliphatic carbocycles. The molecule has 1 heterocycles. The molecule has 0 aliphatic rings. The highest BCUT2D eigenvalue weighted by molar-refractivity contribution is 9.10. The Balaban J connectivity index is 2.05. The Morgan fingerprint density at radius 3 is 2.81 bits per heavy atom. The first-order chi connectivity index (χ1) is 9.97. The van der Waals surface area contributed by atoms with Crippen molar-refractivity contribution in [1.82, 2.24) is 5.43 Å². The maximum atomic E-state index is 11.9. The lowest BCUT2D eigenvalue weighted by atomic mass is 10.1. The van der Waals surface area contributed by atoms with Crippen LogP contribution >= 0.6 is 27.3 Å². The van der Waals surface area contributed by atoms with Crippen LogP contribution < -0.4 is 5.43 Å². The summed E-state index contributed by atoms with van der Waals surface area (Å²) in [7, 11) is 0. The average Bonchev–Trinajstić information content (AvgIpc) is 2.83. The van der Waals surface area contributed by atoms with Crippen molar-refractivity contribution in [2.24, 2.45) is 5.10 Å². The summed E-state index contributed by atoms with van der Waals surface area (Å²) in [6, 6.07) is 6.04. The molecule has 2 aromatic rings. The van der Waals surface area contributed by atoms with E-state index in [2.05, 4.69) is 26.5 Å². The fourth-order valence-corrected chi connectivity index (χ4v) is 2.92. The van der Waals surface area contributed by atoms with Crippen molar-refractivity contribution in [3.8, 4) is 0 Å². The van der Waals surface area contributed by atoms with Gasteiger partial charge in [-0.3, -0.25) is 14.9 Å². The fraction of sp³-hybridized carbons (Fsp3) is 0.0769. The molecule has 0 bridgehead atoms. The first-order valence-corrected chi connectivity index (χ1v) is 7.47. The summed E-state index contributed by atoms with van der Waals surface area (Å²) in [4.78, 5) is 23.0. The molecule has 0 saturated heterocycles. The molecular weight excluding hydrogens is 358 g/mol. The lowest BCUT2D eigenvalue weighted by Crippen LogP contribution is -2.17. The lowest BCUT2D eigenvalue weighted by Gasteiger charge is -2.01. The molecule has 21 heavy (non-hydrogen) atoms. The number of hydrogen-bond acceptors (Lipinski definition) is 5. The van der Waals surface area contributed by atoms with E-state index < -0.39 is 10.8 Å². The number of benzene rings is 1. The van der Waals surface area contributed by atoms with Crippen molar-refractivity contribution in [2.45, 2.75) is 6.92 Å². The zero-order valence-corrected chi connectivity index (χ0v) is 13.3. The van der Waals surface area contributed by atoms with Gasteiger partial charge in [0.2, 0.25) is 0 Å². The zero-order valence-electron chi connectivity index (χ0n) is 10.9. The predicted molar refractivity (Wildman–Crippen MR) is 84.9 cm³/mol. The van der Waals surface area contributed by atoms with E-state index in [4.69, 9.17) is 0 Å². The Kier molecular flexibility index (Phi) is 4.81. The highest BCUT2D eigenvalue weighted by Gasteiger charge is 2.13. The van der Waals surface area contributed by atoms with Crippen LogP contribution in [0.1, 0.15) is 20.8 Å². The second kappa shape index (κ2) is 6.59. The van der Waals surface area contributed by atoms with Gasteiger partial charge in [-0.05, 0) is 41.1 Å². The van der Waals surface area contributed by atoms with Gasteiger partial charge in [0, 0.05) is 31.9 Å². The van der Waals surface area contributed by atoms with Crippen LogP contribution in [-0.4, -0.2) is 17.0 Å². The van der Waals surface area contributed by atoms with Gasteiger partial charge >= 0.3 is 0 Å². The summed E-state index contributed by atoms with van der Waals surface area (Å²) < 4.78 is 0.950. The third-order valence-corrected chi connectivity index (χ3v) is 4.23. The number of rotatable bonds is 4. The number of halogens is 1. The molecule has 0 saturated carbocycles. The minimum absolute atomic E-state index is 0.0153. The van der Waals surface area contributed by atoms with Gasteiger partial charge in [-0.15, -0.1) is 11.3 Å². The summed E-state index contributed by atoms with van der Waals surface area (Å²) in [5, 5.41) is 16.5. The molecule has 1 aromatic heterocycles. The number of nitrogens with one attached hydrogen (secondary N) is 1. The molecule has 1 N–H and O–H groups in total. The van der Waals surface area contributed by atoms with Gasteiger partial charge in [-0.1, -0.05) is 0 Å². The number of nitrogens with zero attached hydrogens (tertiary/aromatic N) is 2. The maximum absolute atomic E-state index is 11.9. The van der Waals surface area contributed by atoms with E-state index >= 15 is 0 Å². The van der Waals surface area contributed by atoms with Crippen LogP contribution in [0.15, 0.2) is 39.2 Å². The Morgan fingerprint density at radius 1 is 1.48 bits per heavy atom. The first kappa shape index (κ1) is 15.3. The van der Waals surface area contributed by atoms with Crippen LogP contribution in [0.5, 0.6) is 0 Å². The SMILES string of the molecule is Cc1cc(C(=O)NN=Cc2cc(Br)cs2)ccc1[N+](=O)[O-]. The maximum Gasteiger partial charge on any atom is 0.272 e. The molecule has 6 nitrogen and oxygen atoms in total. The van der Waals surface area contributed by atoms with Gasteiger partial charge in [0.15, 0.2) is 0 Å². The normalized spacial score (nSPS) is 10.8. The number of hydrazone groups is 1. The topological polar surface area (TPSA) is 84.6 Å². The molecule has 1 amide bonds. The molecule has 8 heteroatoms. The summed E-state index contributed by atoms with van der Waals surface area (Å²) in [5.41, 5.74) is 3.12. The Bertz CT molecular complexity index is 727. The minimum atomic E-state index is -0.482. The smallest absolute Gasteiger partial charge is 0.267 e. The minimum Gasteiger partial charge on any atom is -0.267 e. The summed E-state index contributed by atoms with van der Waals surface area (Å²) >= 11 is 4.80. The molecule has 0 unspecified atom stereocenters. The van der Waals surface area contributed by atoms with E-state index in [-0.39, 0.29) is 5.69 Å². The van der Waals surface area contributed by atoms with Crippen molar-refractivity contribution in [3.63, 3.8) is 0 Å². The Morgan fingerprint density at radius 2 is 2.24 bits per heavy atom. The number of aryl methyl sites for hydroxylation is 1. The van der Waals surface area contributed by atoms with E-state index in [1.54, 1.807) is 6.92 Å². The predicted octanol–water partition coefficient (Wildman–Crippen LogP) is 3.49. The van der Waals surface area contributed by atoms with Crippen molar-refractivity contribution < 1.29 is 9.72 Å². The number of amides is 1. The van der Waals surface area contributed by atoms with Gasteiger partial charge in [-0.2, -0.15) is 5.10 Å². The summed E-state index contributed by atoms with van der Waals surface area (Å²) in [6.07, 6.45) is 1.53. The second-order valence-electron chi connectivity index (χ2n) is 4.12. The Labute approximate surface area is 132 Å². The monoisotopic (exact) mass is 367 g/mol. The summed E-state index contributed by atoms with van der Waals surface area (Å²) in [6.45, 7) is 1.58. The second-order valence-corrected chi connectivity index (χ2v) is 5.98. The third kappa shape index (κ3) is 3.96. The zero-order chi connectivity index (χ0) is 15.4. The van der Waals surface area contributed by atoms with Gasteiger partial charge < -0.3 is 0 Å². The van der Waals surface area contributed by atoms with E-state index in [1.807, 2.05) is 11.4 Å². The summed E-state index contributed by atoms with van der Waals surface area (Å²) in [5.74, 6) is -0.417. The molecule has 0 radical (unpaired) electrons. The number of thiophene rings is 1. The number of nitro benzene ring substituents is 1. The molecule has 0 spiro atoms. The molecule has 108 valence electrons. The van der Waals surface area contributed by atoms with Crippen molar-refractivity contribution in [1.29, 1.82) is 0 Å². The van der Waals surface area contributed by atoms with Crippen LogP contribution in [0.3, 0.4) is 0 Å². The van der Waals surface area contributed by atoms with E-state index in [9.17, 15) is 14.9 Å². The molecule has 0 fully saturated rings. The highest BCUT2D eigenvalue weighted by Crippen LogP contribution is 2.19. The molecule has 0 atom stereocenters. The number of carbonyl (C=O) groups excluding carboxylic acids is 1. The average molecular weight is 368 g/mol. The molecule has 0 aliphatic heterocycles. The first-order valence-electron chi connectivity index (χ1n) is 5.80. The van der Waals surface area contributed by atoms with Crippen molar-refractivity contribution >= 4 is 45.1 Å². The molecule has 1 aromatic carbocycles. The van der Waals surface area contributed by atoms with E-state index in [0.717, 1.165) is 9.35 Å². The van der Waals surface area contributed by atoms with Crippen molar-refractivity contribution in [3.05, 3.63) is 60.2 Å². The van der Waals surface area contributed by atoms with E-state index in [1.165, 1.54) is 35.8 Å². The Hall–Kier alpha value is -2.06. The van der Waals surface area contributed by atoms with Gasteiger partial charge in [0.25, 0.3) is 11.6 Å². The third-order valence-electron chi connectivity index (χ3n) is 2.60. The lowest BCUT2D eigenvalue weighted by molar-refractivity contribution is -0.385. The molecule has 2 rings (SSSR count). The van der Waals surface area contributed by atoms with Gasteiger partial charge in [-0.25, -0.2) is 5.43 Å². The van der Waals surface area contributed by atoms with Crippen LogP contribution in [0, 0.1) is 17.0 Å². The highest BCUT2D eigenvalue weighted by atomic mass is 79.9. The van der Waals surface area contributed by atoms with E-state index in [0.29, 0.717) is 11.1 Å². The van der Waals surface area contributed by atoms with Crippen molar-refractivity contribution in [2.75, 3.05) is 0 Å². The standard InChI is InChI=1S/C13H10BrN3O3S/c1-8-4-9(2-3-12(8)17(19)20)13(18)16-15-6-11-5-10(14)7-21-11/h2-7H,1H3,(H,16,18). The largest absolute Gasteiger partial charge is 0.272 e. The fourth-order valence-electron chi connectivity index (χ4n) is 1.62. The molecular formula is C13H10BrN3O3S. The van der Waals surface area contributed by atoms with Gasteiger partial charge in [0.05, 0.1) is 11.1 Å². The van der Waals surface area contributed by atoms with Crippen LogP contribution in [0.25, 0.3) is 0 Å².